The molecule has 0 aliphatic rings. The van der Waals surface area contributed by atoms with Gasteiger partial charge in [0.25, 0.3) is 5.91 Å². The molecule has 4 rings (SSSR count). The molecule has 1 heterocycles. The van der Waals surface area contributed by atoms with Gasteiger partial charge < -0.3 is 14.8 Å². The average molecular weight is 397 g/mol. The number of amides is 1. The molecule has 30 heavy (non-hydrogen) atoms. The Labute approximate surface area is 173 Å². The third-order valence-electron chi connectivity index (χ3n) is 4.49. The predicted molar refractivity (Wildman–Crippen MR) is 116 cm³/mol. The van der Waals surface area contributed by atoms with E-state index in [2.05, 4.69) is 15.5 Å². The Hall–Kier alpha value is -4.19. The van der Waals surface area contributed by atoms with E-state index in [1.807, 2.05) is 67.6 Å². The molecule has 0 unspecified atom stereocenters. The number of carbonyl (C=O) groups excluding carboxylic acids is 1. The summed E-state index contributed by atoms with van der Waals surface area (Å²) in [6, 6.07) is 25.8. The predicted octanol–water partition coefficient (Wildman–Crippen LogP) is 6.63. The van der Waals surface area contributed by atoms with Crippen LogP contribution in [0, 0.1) is 6.92 Å². The van der Waals surface area contributed by atoms with Gasteiger partial charge in [-0.05, 0) is 31.2 Å². The van der Waals surface area contributed by atoms with E-state index in [9.17, 15) is 9.90 Å². The number of azo groups is 1. The summed E-state index contributed by atoms with van der Waals surface area (Å²) >= 11 is 0. The van der Waals surface area contributed by atoms with Crippen molar-refractivity contribution in [1.82, 2.24) is 0 Å². The third kappa shape index (κ3) is 4.28. The van der Waals surface area contributed by atoms with Crippen molar-refractivity contribution in [3.8, 4) is 17.3 Å². The minimum Gasteiger partial charge on any atom is -0.479 e. The molecule has 1 amide bonds. The van der Waals surface area contributed by atoms with Crippen LogP contribution in [0.3, 0.4) is 0 Å². The molecular weight excluding hydrogens is 378 g/mol. The van der Waals surface area contributed by atoms with Crippen LogP contribution in [0.2, 0.25) is 0 Å². The van der Waals surface area contributed by atoms with Gasteiger partial charge in [0.05, 0.1) is 11.3 Å². The van der Waals surface area contributed by atoms with Gasteiger partial charge in [0.15, 0.2) is 5.69 Å². The zero-order chi connectivity index (χ0) is 20.9. The number of para-hydroxylation sites is 2. The van der Waals surface area contributed by atoms with Crippen LogP contribution in [0.25, 0.3) is 11.3 Å². The molecule has 0 spiro atoms. The number of anilines is 2. The van der Waals surface area contributed by atoms with Gasteiger partial charge in [-0.2, -0.15) is 0 Å². The zero-order valence-corrected chi connectivity index (χ0v) is 16.2. The molecular formula is C24H19N3O3. The van der Waals surface area contributed by atoms with E-state index in [0.29, 0.717) is 17.0 Å². The van der Waals surface area contributed by atoms with Crippen molar-refractivity contribution >= 4 is 23.0 Å². The number of nitrogens with one attached hydrogen (secondary N) is 1. The smallest absolute Gasteiger partial charge is 0.311 e. The Morgan fingerprint density at radius 2 is 1.63 bits per heavy atom. The molecule has 0 atom stereocenters. The first-order valence-electron chi connectivity index (χ1n) is 9.37. The topological polar surface area (TPSA) is 87.2 Å². The van der Waals surface area contributed by atoms with Crippen LogP contribution in [0.15, 0.2) is 99.6 Å². The van der Waals surface area contributed by atoms with E-state index in [4.69, 9.17) is 4.42 Å². The summed E-state index contributed by atoms with van der Waals surface area (Å²) in [6.45, 7) is 1.99. The van der Waals surface area contributed by atoms with Gasteiger partial charge in [-0.25, -0.2) is 0 Å². The second kappa shape index (κ2) is 8.45. The second-order valence-electron chi connectivity index (χ2n) is 6.71. The van der Waals surface area contributed by atoms with E-state index in [-0.39, 0.29) is 5.69 Å². The molecule has 148 valence electrons. The van der Waals surface area contributed by atoms with Crippen molar-refractivity contribution in [2.75, 3.05) is 5.32 Å². The molecule has 4 aromatic rings. The van der Waals surface area contributed by atoms with Crippen LogP contribution in [0.1, 0.15) is 15.9 Å². The fourth-order valence-corrected chi connectivity index (χ4v) is 2.91. The van der Waals surface area contributed by atoms with Crippen molar-refractivity contribution in [2.24, 2.45) is 10.2 Å². The Kier molecular flexibility index (Phi) is 5.39. The molecule has 0 bridgehead atoms. The number of aromatic hydroxyl groups is 1. The largest absolute Gasteiger partial charge is 0.479 e. The quantitative estimate of drug-likeness (QED) is 0.370. The molecule has 0 fully saturated rings. The van der Waals surface area contributed by atoms with Crippen molar-refractivity contribution in [3.63, 3.8) is 0 Å². The molecule has 6 nitrogen and oxygen atoms in total. The minimum absolute atomic E-state index is 0.0902. The molecule has 0 aliphatic heterocycles. The van der Waals surface area contributed by atoms with Gasteiger partial charge in [0.1, 0.15) is 5.76 Å². The first-order valence-corrected chi connectivity index (χ1v) is 9.37. The second-order valence-corrected chi connectivity index (χ2v) is 6.71. The van der Waals surface area contributed by atoms with Crippen LogP contribution >= 0.6 is 0 Å². The van der Waals surface area contributed by atoms with E-state index >= 15 is 0 Å². The summed E-state index contributed by atoms with van der Waals surface area (Å²) in [7, 11) is 0. The van der Waals surface area contributed by atoms with Crippen molar-refractivity contribution in [1.29, 1.82) is 0 Å². The van der Waals surface area contributed by atoms with Crippen LogP contribution in [-0.4, -0.2) is 11.0 Å². The van der Waals surface area contributed by atoms with Gasteiger partial charge in [-0.15, -0.1) is 10.2 Å². The molecule has 2 N–H and O–H groups in total. The highest BCUT2D eigenvalue weighted by molar-refractivity contribution is 6.00. The number of nitrogens with zero attached hydrogens (tertiary/aromatic N) is 2. The SMILES string of the molecule is Cc1ccc(-c2cc(N=NC(=O)c3ccccc3Nc3ccccc3)c(O)o2)cc1. The van der Waals surface area contributed by atoms with E-state index in [1.54, 1.807) is 24.3 Å². The van der Waals surface area contributed by atoms with Gasteiger partial charge in [0.2, 0.25) is 0 Å². The summed E-state index contributed by atoms with van der Waals surface area (Å²) in [4.78, 5) is 12.6. The fraction of sp³-hybridized carbons (Fsp3) is 0.0417. The van der Waals surface area contributed by atoms with Crippen LogP contribution in [0.5, 0.6) is 5.95 Å². The number of rotatable bonds is 5. The van der Waals surface area contributed by atoms with Crippen LogP contribution in [-0.2, 0) is 0 Å². The first-order chi connectivity index (χ1) is 14.6. The molecule has 0 aliphatic carbocycles. The summed E-state index contributed by atoms with van der Waals surface area (Å²) in [5, 5.41) is 20.9. The third-order valence-corrected chi connectivity index (χ3v) is 4.49. The van der Waals surface area contributed by atoms with Gasteiger partial charge in [0, 0.05) is 17.3 Å². The normalized spacial score (nSPS) is 11.0. The molecule has 3 aromatic carbocycles. The number of hydrogen-bond donors (Lipinski definition) is 2. The Morgan fingerprint density at radius 1 is 0.933 bits per heavy atom. The summed E-state index contributed by atoms with van der Waals surface area (Å²) in [6.07, 6.45) is 0. The lowest BCUT2D eigenvalue weighted by Crippen LogP contribution is -2.00. The Bertz CT molecular complexity index is 1200. The van der Waals surface area contributed by atoms with Gasteiger partial charge in [-0.1, -0.05) is 60.2 Å². The number of aryl methyl sites for hydroxylation is 1. The summed E-state index contributed by atoms with van der Waals surface area (Å²) in [5.41, 5.74) is 3.83. The number of furan rings is 1. The zero-order valence-electron chi connectivity index (χ0n) is 16.2. The highest BCUT2D eigenvalue weighted by Crippen LogP contribution is 2.36. The molecule has 0 saturated carbocycles. The van der Waals surface area contributed by atoms with Gasteiger partial charge >= 0.3 is 5.95 Å². The lowest BCUT2D eigenvalue weighted by molar-refractivity contribution is 0.0996. The van der Waals surface area contributed by atoms with Crippen LogP contribution in [0.4, 0.5) is 17.1 Å². The Morgan fingerprint density at radius 3 is 2.40 bits per heavy atom. The van der Waals surface area contributed by atoms with E-state index in [1.165, 1.54) is 0 Å². The maximum atomic E-state index is 12.6. The van der Waals surface area contributed by atoms with Crippen LogP contribution < -0.4 is 5.32 Å². The van der Waals surface area contributed by atoms with Crippen molar-refractivity contribution in [3.05, 3.63) is 96.1 Å². The lowest BCUT2D eigenvalue weighted by atomic mass is 10.1. The standard InChI is InChI=1S/C24H19N3O3/c1-16-11-13-17(14-12-16)22-15-21(24(29)30-22)26-27-23(28)19-9-5-6-10-20(19)25-18-7-3-2-4-8-18/h2-15,25,29H,1H3. The Balaban J connectivity index is 1.55. The monoisotopic (exact) mass is 397 g/mol. The molecule has 0 saturated heterocycles. The lowest BCUT2D eigenvalue weighted by Gasteiger charge is -2.09. The molecule has 6 heteroatoms. The number of carbonyl (C=O) groups is 1. The van der Waals surface area contributed by atoms with Gasteiger partial charge in [-0.3, -0.25) is 4.79 Å². The van der Waals surface area contributed by atoms with Crippen molar-refractivity contribution < 1.29 is 14.3 Å². The number of hydrogen-bond acceptors (Lipinski definition) is 5. The highest BCUT2D eigenvalue weighted by Gasteiger charge is 2.14. The maximum absolute atomic E-state index is 12.6. The minimum atomic E-state index is -0.536. The summed E-state index contributed by atoms with van der Waals surface area (Å²) in [5.74, 6) is -0.482. The van der Waals surface area contributed by atoms with Crippen molar-refractivity contribution in [2.45, 2.75) is 6.92 Å². The number of benzene rings is 3. The van der Waals surface area contributed by atoms with E-state index in [0.717, 1.165) is 16.8 Å². The average Bonchev–Trinajstić information content (AvgIpc) is 3.14. The highest BCUT2D eigenvalue weighted by atomic mass is 16.5. The molecule has 1 aromatic heterocycles. The fourth-order valence-electron chi connectivity index (χ4n) is 2.91. The first kappa shape index (κ1) is 19.1. The molecule has 0 radical (unpaired) electrons. The van der Waals surface area contributed by atoms with E-state index < -0.39 is 11.9 Å². The summed E-state index contributed by atoms with van der Waals surface area (Å²) < 4.78 is 5.36. The maximum Gasteiger partial charge on any atom is 0.311 e.